The maximum Gasteiger partial charge on any atom is 0.316 e. The summed E-state index contributed by atoms with van der Waals surface area (Å²) in [5, 5.41) is 8.50. The van der Waals surface area contributed by atoms with Crippen LogP contribution < -0.4 is 0 Å². The molecule has 0 radical (unpaired) electrons. The van der Waals surface area contributed by atoms with E-state index < -0.39 is 5.97 Å². The molecule has 5 heteroatoms. The molecule has 90 valence electrons. The van der Waals surface area contributed by atoms with Gasteiger partial charge in [0.2, 0.25) is 0 Å². The summed E-state index contributed by atoms with van der Waals surface area (Å²) in [6.45, 7) is 3.78. The maximum atomic E-state index is 10.7. The lowest BCUT2D eigenvalue weighted by Gasteiger charge is -2.09. The van der Waals surface area contributed by atoms with Crippen LogP contribution in [0.25, 0.3) is 0 Å². The summed E-state index contributed by atoms with van der Waals surface area (Å²) in [5.74, 6) is 0.112. The van der Waals surface area contributed by atoms with Gasteiger partial charge in [-0.1, -0.05) is 6.92 Å². The number of carboxylic acids is 1. The topological polar surface area (TPSA) is 55.8 Å². The van der Waals surface area contributed by atoms with E-state index in [-0.39, 0.29) is 5.25 Å². The minimum atomic E-state index is -0.720. The number of carboxylic acid groups (broad SMARTS) is 1. The molecule has 15 heavy (non-hydrogen) atoms. The van der Waals surface area contributed by atoms with Gasteiger partial charge in [0.1, 0.15) is 5.25 Å². The Bertz CT molecular complexity index is 164. The van der Waals surface area contributed by atoms with Gasteiger partial charge in [-0.05, 0) is 18.6 Å². The van der Waals surface area contributed by atoms with Crippen molar-refractivity contribution in [3.63, 3.8) is 0 Å². The van der Waals surface area contributed by atoms with Crippen LogP contribution in [0.3, 0.4) is 0 Å². The minimum absolute atomic E-state index is 0.274. The summed E-state index contributed by atoms with van der Waals surface area (Å²) in [6, 6.07) is 0. The number of thioether (sulfide) groups is 1. The van der Waals surface area contributed by atoms with E-state index in [0.717, 1.165) is 12.2 Å². The Labute approximate surface area is 95.3 Å². The highest BCUT2D eigenvalue weighted by Gasteiger charge is 2.14. The first-order chi connectivity index (χ1) is 7.22. The van der Waals surface area contributed by atoms with Crippen LogP contribution in [-0.2, 0) is 14.3 Å². The van der Waals surface area contributed by atoms with Gasteiger partial charge in [0.05, 0.1) is 13.2 Å². The molecule has 1 unspecified atom stereocenters. The van der Waals surface area contributed by atoms with Gasteiger partial charge in [0.25, 0.3) is 0 Å². The van der Waals surface area contributed by atoms with Crippen molar-refractivity contribution >= 4 is 17.7 Å². The highest BCUT2D eigenvalue weighted by molar-refractivity contribution is 8.00. The molecule has 0 heterocycles. The van der Waals surface area contributed by atoms with Crippen LogP contribution in [0.4, 0.5) is 0 Å². The Hall–Kier alpha value is -0.260. The molecule has 0 bridgehead atoms. The Balaban J connectivity index is 3.25. The van der Waals surface area contributed by atoms with Gasteiger partial charge >= 0.3 is 5.97 Å². The molecular weight excluding hydrogens is 216 g/mol. The van der Waals surface area contributed by atoms with Crippen LogP contribution >= 0.6 is 11.8 Å². The Morgan fingerprint density at radius 3 is 2.67 bits per heavy atom. The van der Waals surface area contributed by atoms with Crippen LogP contribution in [0.1, 0.15) is 19.8 Å². The fraction of sp³-hybridized carbons (Fsp3) is 0.900. The van der Waals surface area contributed by atoms with Gasteiger partial charge in [-0.2, -0.15) is 0 Å². The summed E-state index contributed by atoms with van der Waals surface area (Å²) in [6.07, 6.45) is 1.56. The third kappa shape index (κ3) is 8.72. The third-order valence-electron chi connectivity index (χ3n) is 1.83. The lowest BCUT2D eigenvalue weighted by Crippen LogP contribution is -2.15. The van der Waals surface area contributed by atoms with Crippen molar-refractivity contribution in [3.05, 3.63) is 0 Å². The molecule has 0 saturated carbocycles. The first-order valence-corrected chi connectivity index (χ1v) is 6.18. The SMILES string of the molecule is CCC(SCCCOCCOC)C(=O)O. The standard InChI is InChI=1S/C10H20O4S/c1-3-9(10(11)12)15-8-4-5-14-7-6-13-2/h9H,3-8H2,1-2H3,(H,11,12). The summed E-state index contributed by atoms with van der Waals surface area (Å²) in [5.41, 5.74) is 0. The molecule has 4 nitrogen and oxygen atoms in total. The monoisotopic (exact) mass is 236 g/mol. The van der Waals surface area contributed by atoms with E-state index in [2.05, 4.69) is 0 Å². The predicted molar refractivity (Wildman–Crippen MR) is 61.5 cm³/mol. The van der Waals surface area contributed by atoms with Crippen LogP contribution in [0.15, 0.2) is 0 Å². The van der Waals surface area contributed by atoms with E-state index in [1.165, 1.54) is 11.8 Å². The predicted octanol–water partition coefficient (Wildman–Crippen LogP) is 1.64. The van der Waals surface area contributed by atoms with Gasteiger partial charge in [0.15, 0.2) is 0 Å². The lowest BCUT2D eigenvalue weighted by molar-refractivity contribution is -0.136. The smallest absolute Gasteiger partial charge is 0.316 e. The Morgan fingerprint density at radius 2 is 2.13 bits per heavy atom. The molecule has 0 aliphatic heterocycles. The molecule has 0 aromatic carbocycles. The molecule has 0 rings (SSSR count). The fourth-order valence-corrected chi connectivity index (χ4v) is 1.94. The van der Waals surface area contributed by atoms with Crippen molar-refractivity contribution in [2.24, 2.45) is 0 Å². The highest BCUT2D eigenvalue weighted by Crippen LogP contribution is 2.15. The molecular formula is C10H20O4S. The second-order valence-electron chi connectivity index (χ2n) is 3.06. The molecule has 1 N–H and O–H groups in total. The van der Waals surface area contributed by atoms with E-state index in [4.69, 9.17) is 14.6 Å². The fourth-order valence-electron chi connectivity index (χ4n) is 0.995. The van der Waals surface area contributed by atoms with Crippen molar-refractivity contribution in [1.82, 2.24) is 0 Å². The molecule has 0 aliphatic carbocycles. The zero-order valence-corrected chi connectivity index (χ0v) is 10.2. The van der Waals surface area contributed by atoms with Crippen LogP contribution in [0.5, 0.6) is 0 Å². The normalized spacial score (nSPS) is 12.7. The first-order valence-electron chi connectivity index (χ1n) is 5.13. The molecule has 0 aromatic heterocycles. The summed E-state index contributed by atoms with van der Waals surface area (Å²) in [4.78, 5) is 10.7. The van der Waals surface area contributed by atoms with Gasteiger partial charge in [-0.25, -0.2) is 0 Å². The second kappa shape index (κ2) is 10.3. The maximum absolute atomic E-state index is 10.7. The van der Waals surface area contributed by atoms with Crippen LogP contribution in [0, 0.1) is 0 Å². The van der Waals surface area contributed by atoms with E-state index in [1.54, 1.807) is 7.11 Å². The zero-order chi connectivity index (χ0) is 11.5. The molecule has 0 saturated heterocycles. The van der Waals surface area contributed by atoms with E-state index in [0.29, 0.717) is 26.2 Å². The van der Waals surface area contributed by atoms with Gasteiger partial charge in [0, 0.05) is 13.7 Å². The number of aliphatic carboxylic acids is 1. The van der Waals surface area contributed by atoms with E-state index in [1.807, 2.05) is 6.92 Å². The van der Waals surface area contributed by atoms with Crippen LogP contribution in [0.2, 0.25) is 0 Å². The molecule has 0 aliphatic rings. The Morgan fingerprint density at radius 1 is 1.40 bits per heavy atom. The minimum Gasteiger partial charge on any atom is -0.480 e. The Kier molecular flexibility index (Phi) is 10.1. The quantitative estimate of drug-likeness (QED) is 0.584. The molecule has 0 fully saturated rings. The zero-order valence-electron chi connectivity index (χ0n) is 9.40. The van der Waals surface area contributed by atoms with Crippen molar-refractivity contribution < 1.29 is 19.4 Å². The number of ether oxygens (including phenoxy) is 2. The van der Waals surface area contributed by atoms with Crippen LogP contribution in [-0.4, -0.2) is 49.0 Å². The number of methoxy groups -OCH3 is 1. The third-order valence-corrected chi connectivity index (χ3v) is 3.29. The van der Waals surface area contributed by atoms with Crippen molar-refractivity contribution in [1.29, 1.82) is 0 Å². The van der Waals surface area contributed by atoms with E-state index in [9.17, 15) is 4.79 Å². The summed E-state index contributed by atoms with van der Waals surface area (Å²) in [7, 11) is 1.64. The molecule has 0 spiro atoms. The number of hydrogen-bond acceptors (Lipinski definition) is 4. The van der Waals surface area contributed by atoms with E-state index >= 15 is 0 Å². The first kappa shape index (κ1) is 14.7. The summed E-state index contributed by atoms with van der Waals surface area (Å²) < 4.78 is 10.1. The average molecular weight is 236 g/mol. The number of rotatable bonds is 10. The van der Waals surface area contributed by atoms with Crippen molar-refractivity contribution in [2.45, 2.75) is 25.0 Å². The second-order valence-corrected chi connectivity index (χ2v) is 4.38. The number of carbonyl (C=O) groups is 1. The average Bonchev–Trinajstić information content (AvgIpc) is 2.21. The van der Waals surface area contributed by atoms with Gasteiger partial charge in [-0.3, -0.25) is 4.79 Å². The molecule has 0 amide bonds. The lowest BCUT2D eigenvalue weighted by atomic mass is 10.3. The molecule has 1 atom stereocenters. The van der Waals surface area contributed by atoms with Crippen molar-refractivity contribution in [2.75, 3.05) is 32.7 Å². The highest BCUT2D eigenvalue weighted by atomic mass is 32.2. The number of hydrogen-bond donors (Lipinski definition) is 1. The van der Waals surface area contributed by atoms with Gasteiger partial charge < -0.3 is 14.6 Å². The largest absolute Gasteiger partial charge is 0.480 e. The van der Waals surface area contributed by atoms with Gasteiger partial charge in [-0.15, -0.1) is 11.8 Å². The summed E-state index contributed by atoms with van der Waals surface area (Å²) >= 11 is 1.48. The van der Waals surface area contributed by atoms with Crippen molar-refractivity contribution in [3.8, 4) is 0 Å². The molecule has 0 aromatic rings.